The first-order chi connectivity index (χ1) is 9.72. The van der Waals surface area contributed by atoms with Gasteiger partial charge in [-0.05, 0) is 37.9 Å². The predicted octanol–water partition coefficient (Wildman–Crippen LogP) is 3.51. The van der Waals surface area contributed by atoms with Gasteiger partial charge in [0.25, 0.3) is 0 Å². The summed E-state index contributed by atoms with van der Waals surface area (Å²) < 4.78 is 0. The quantitative estimate of drug-likeness (QED) is 0.815. The van der Waals surface area contributed by atoms with E-state index in [1.807, 2.05) is 13.0 Å². The van der Waals surface area contributed by atoms with Gasteiger partial charge >= 0.3 is 0 Å². The van der Waals surface area contributed by atoms with Gasteiger partial charge in [-0.1, -0.05) is 38.1 Å². The van der Waals surface area contributed by atoms with Gasteiger partial charge in [0.15, 0.2) is 5.82 Å². The Morgan fingerprint density at radius 1 is 1.05 bits per heavy atom. The lowest BCUT2D eigenvalue weighted by Crippen LogP contribution is -2.15. The second kappa shape index (κ2) is 7.15. The first-order valence-corrected chi connectivity index (χ1v) is 7.37. The van der Waals surface area contributed by atoms with E-state index in [0.717, 1.165) is 48.7 Å². The molecule has 3 nitrogen and oxygen atoms in total. The summed E-state index contributed by atoms with van der Waals surface area (Å²) in [5.74, 6) is 0.820. The van der Waals surface area contributed by atoms with Gasteiger partial charge in [-0.2, -0.15) is 0 Å². The fourth-order valence-corrected chi connectivity index (χ4v) is 2.14. The molecule has 2 aromatic rings. The van der Waals surface area contributed by atoms with E-state index >= 15 is 0 Å². The maximum atomic E-state index is 4.66. The molecule has 0 aliphatic heterocycles. The molecule has 0 atom stereocenters. The van der Waals surface area contributed by atoms with Crippen LogP contribution in [-0.2, 0) is 13.0 Å². The number of aryl methyl sites for hydroxylation is 2. The number of hydrogen-bond acceptors (Lipinski definition) is 3. The fraction of sp³-hybridized carbons (Fsp3) is 0.412. The number of aromatic nitrogens is 2. The highest BCUT2D eigenvalue weighted by atomic mass is 14.9. The Hall–Kier alpha value is -1.74. The maximum absolute atomic E-state index is 4.66. The molecular formula is C17H23N3. The van der Waals surface area contributed by atoms with Crippen LogP contribution in [0.1, 0.15) is 37.2 Å². The van der Waals surface area contributed by atoms with Crippen LogP contribution in [0.4, 0.5) is 0 Å². The third-order valence-electron chi connectivity index (χ3n) is 3.26. The molecule has 0 radical (unpaired) electrons. The van der Waals surface area contributed by atoms with Crippen molar-refractivity contribution in [1.29, 1.82) is 0 Å². The summed E-state index contributed by atoms with van der Waals surface area (Å²) in [6.45, 7) is 8.17. The van der Waals surface area contributed by atoms with Crippen LogP contribution in [0.25, 0.3) is 11.4 Å². The Bertz CT molecular complexity index is 547. The zero-order valence-electron chi connectivity index (χ0n) is 12.6. The molecule has 0 spiro atoms. The minimum Gasteiger partial charge on any atom is -0.311 e. The predicted molar refractivity (Wildman–Crippen MR) is 83.6 cm³/mol. The molecule has 20 heavy (non-hydrogen) atoms. The second-order valence-electron chi connectivity index (χ2n) is 5.05. The van der Waals surface area contributed by atoms with Crippen molar-refractivity contribution < 1.29 is 0 Å². The van der Waals surface area contributed by atoms with Crippen molar-refractivity contribution in [3.63, 3.8) is 0 Å². The Balaban J connectivity index is 2.21. The highest BCUT2D eigenvalue weighted by molar-refractivity contribution is 5.55. The highest BCUT2D eigenvalue weighted by Crippen LogP contribution is 2.17. The Morgan fingerprint density at radius 3 is 2.45 bits per heavy atom. The smallest absolute Gasteiger partial charge is 0.159 e. The topological polar surface area (TPSA) is 37.8 Å². The zero-order valence-corrected chi connectivity index (χ0v) is 12.6. The van der Waals surface area contributed by atoms with E-state index in [4.69, 9.17) is 0 Å². The standard InChI is InChI=1S/C17H23N3/c1-4-10-18-12-16-11-13(3)19-17(20-16)15-8-6-14(5-2)7-9-15/h6-9,11,18H,4-5,10,12H2,1-3H3. The van der Waals surface area contributed by atoms with Gasteiger partial charge in [-0.3, -0.25) is 0 Å². The SMILES string of the molecule is CCCNCc1cc(C)nc(-c2ccc(CC)cc2)n1. The lowest BCUT2D eigenvalue weighted by molar-refractivity contribution is 0.662. The van der Waals surface area contributed by atoms with Crippen LogP contribution in [0.5, 0.6) is 0 Å². The number of nitrogens with one attached hydrogen (secondary N) is 1. The van der Waals surface area contributed by atoms with E-state index in [9.17, 15) is 0 Å². The zero-order chi connectivity index (χ0) is 14.4. The highest BCUT2D eigenvalue weighted by Gasteiger charge is 2.05. The van der Waals surface area contributed by atoms with Gasteiger partial charge < -0.3 is 5.32 Å². The maximum Gasteiger partial charge on any atom is 0.159 e. The van der Waals surface area contributed by atoms with E-state index in [2.05, 4.69) is 53.4 Å². The van der Waals surface area contributed by atoms with Crippen molar-refractivity contribution in [1.82, 2.24) is 15.3 Å². The summed E-state index contributed by atoms with van der Waals surface area (Å²) in [5, 5.41) is 3.39. The van der Waals surface area contributed by atoms with Crippen molar-refractivity contribution in [2.24, 2.45) is 0 Å². The molecule has 2 rings (SSSR count). The first kappa shape index (κ1) is 14.7. The molecular weight excluding hydrogens is 246 g/mol. The third kappa shape index (κ3) is 3.87. The van der Waals surface area contributed by atoms with E-state index < -0.39 is 0 Å². The summed E-state index contributed by atoms with van der Waals surface area (Å²) >= 11 is 0. The van der Waals surface area contributed by atoms with Crippen LogP contribution in [0.3, 0.4) is 0 Å². The van der Waals surface area contributed by atoms with E-state index in [1.165, 1.54) is 5.56 Å². The monoisotopic (exact) mass is 269 g/mol. The van der Waals surface area contributed by atoms with Crippen LogP contribution in [0.15, 0.2) is 30.3 Å². The summed E-state index contributed by atoms with van der Waals surface area (Å²) in [7, 11) is 0. The molecule has 1 aromatic carbocycles. The van der Waals surface area contributed by atoms with E-state index in [-0.39, 0.29) is 0 Å². The van der Waals surface area contributed by atoms with Gasteiger partial charge in [0.1, 0.15) is 0 Å². The van der Waals surface area contributed by atoms with Crippen molar-refractivity contribution >= 4 is 0 Å². The minimum atomic E-state index is 0.803. The van der Waals surface area contributed by atoms with Crippen molar-refractivity contribution in [3.8, 4) is 11.4 Å². The first-order valence-electron chi connectivity index (χ1n) is 7.37. The molecule has 1 aromatic heterocycles. The average Bonchev–Trinajstić information content (AvgIpc) is 2.47. The normalized spacial score (nSPS) is 10.8. The molecule has 0 unspecified atom stereocenters. The molecule has 0 aliphatic carbocycles. The summed E-state index contributed by atoms with van der Waals surface area (Å²) in [5.41, 5.74) is 4.50. The molecule has 0 aliphatic rings. The van der Waals surface area contributed by atoms with Gasteiger partial charge in [0.05, 0.1) is 5.69 Å². The van der Waals surface area contributed by atoms with Gasteiger partial charge in [0, 0.05) is 17.8 Å². The molecule has 1 N–H and O–H groups in total. The fourth-order valence-electron chi connectivity index (χ4n) is 2.14. The molecule has 3 heteroatoms. The van der Waals surface area contributed by atoms with Crippen LogP contribution in [-0.4, -0.2) is 16.5 Å². The molecule has 0 saturated carbocycles. The lowest BCUT2D eigenvalue weighted by Gasteiger charge is -2.07. The summed E-state index contributed by atoms with van der Waals surface area (Å²) in [6, 6.07) is 10.6. The van der Waals surface area contributed by atoms with Crippen LogP contribution in [0.2, 0.25) is 0 Å². The third-order valence-corrected chi connectivity index (χ3v) is 3.26. The lowest BCUT2D eigenvalue weighted by atomic mass is 10.1. The number of nitrogens with zero attached hydrogens (tertiary/aromatic N) is 2. The van der Waals surface area contributed by atoms with Crippen molar-refractivity contribution in [2.75, 3.05) is 6.54 Å². The molecule has 0 fully saturated rings. The van der Waals surface area contributed by atoms with Gasteiger partial charge in [-0.15, -0.1) is 0 Å². The Labute approximate surface area is 121 Å². The average molecular weight is 269 g/mol. The summed E-state index contributed by atoms with van der Waals surface area (Å²) in [4.78, 5) is 9.21. The minimum absolute atomic E-state index is 0.803. The van der Waals surface area contributed by atoms with Crippen LogP contribution < -0.4 is 5.32 Å². The van der Waals surface area contributed by atoms with E-state index in [0.29, 0.717) is 0 Å². The number of rotatable bonds is 6. The molecule has 0 amide bonds. The molecule has 0 bridgehead atoms. The largest absolute Gasteiger partial charge is 0.311 e. The van der Waals surface area contributed by atoms with Crippen molar-refractivity contribution in [2.45, 2.75) is 40.2 Å². The molecule has 1 heterocycles. The van der Waals surface area contributed by atoms with Crippen LogP contribution in [0, 0.1) is 6.92 Å². The van der Waals surface area contributed by atoms with Gasteiger partial charge in [-0.25, -0.2) is 9.97 Å². The Morgan fingerprint density at radius 2 is 1.80 bits per heavy atom. The number of benzene rings is 1. The van der Waals surface area contributed by atoms with E-state index in [1.54, 1.807) is 0 Å². The second-order valence-corrected chi connectivity index (χ2v) is 5.05. The Kier molecular flexibility index (Phi) is 5.24. The number of hydrogen-bond donors (Lipinski definition) is 1. The summed E-state index contributed by atoms with van der Waals surface area (Å²) in [6.07, 6.45) is 2.19. The van der Waals surface area contributed by atoms with Gasteiger partial charge in [0.2, 0.25) is 0 Å². The molecule has 106 valence electrons. The molecule has 0 saturated heterocycles. The van der Waals surface area contributed by atoms with Crippen molar-refractivity contribution in [3.05, 3.63) is 47.3 Å². The van der Waals surface area contributed by atoms with Crippen LogP contribution >= 0.6 is 0 Å².